The summed E-state index contributed by atoms with van der Waals surface area (Å²) in [6.45, 7) is 5.42. The van der Waals surface area contributed by atoms with Crippen molar-refractivity contribution >= 4 is 11.9 Å². The molecule has 0 fully saturated rings. The lowest BCUT2D eigenvalue weighted by atomic mass is 10.2. The van der Waals surface area contributed by atoms with E-state index < -0.39 is 11.8 Å². The molecular formula is C22H21N5O4. The van der Waals surface area contributed by atoms with Crippen LogP contribution in [0.2, 0.25) is 0 Å². The van der Waals surface area contributed by atoms with Gasteiger partial charge >= 0.3 is 11.8 Å². The normalized spacial score (nSPS) is 11.0. The van der Waals surface area contributed by atoms with E-state index in [1.807, 2.05) is 50.2 Å². The molecule has 0 unspecified atom stereocenters. The molecule has 1 amide bonds. The SMILES string of the molecule is Cc1c(-c2nn(C(C)C)c(=O)o2)nn(-c2ccccc2)c1NC(=O)Oc1ccccc1. The number of carbonyl (C=O) groups excluding carboxylic acids is 1. The molecule has 0 atom stereocenters. The van der Waals surface area contributed by atoms with Gasteiger partial charge < -0.3 is 9.15 Å². The van der Waals surface area contributed by atoms with Crippen LogP contribution in [0.4, 0.5) is 10.6 Å². The smallest absolute Gasteiger partial charge is 0.410 e. The Morgan fingerprint density at radius 3 is 2.29 bits per heavy atom. The Hall–Kier alpha value is -4.14. The molecule has 2 heterocycles. The minimum atomic E-state index is -0.674. The van der Waals surface area contributed by atoms with Crippen molar-refractivity contribution < 1.29 is 13.9 Å². The van der Waals surface area contributed by atoms with Gasteiger partial charge in [-0.05, 0) is 45.0 Å². The lowest BCUT2D eigenvalue weighted by Crippen LogP contribution is -2.19. The summed E-state index contributed by atoms with van der Waals surface area (Å²) in [5, 5.41) is 11.6. The second-order valence-corrected chi connectivity index (χ2v) is 7.11. The van der Waals surface area contributed by atoms with Crippen molar-refractivity contribution in [1.82, 2.24) is 19.6 Å². The predicted octanol–water partition coefficient (Wildman–Crippen LogP) is 4.19. The molecule has 2 aromatic carbocycles. The Morgan fingerprint density at radius 1 is 1.03 bits per heavy atom. The monoisotopic (exact) mass is 419 g/mol. The summed E-state index contributed by atoms with van der Waals surface area (Å²) >= 11 is 0. The van der Waals surface area contributed by atoms with E-state index in [0.717, 1.165) is 0 Å². The van der Waals surface area contributed by atoms with E-state index in [2.05, 4.69) is 15.5 Å². The summed E-state index contributed by atoms with van der Waals surface area (Å²) in [7, 11) is 0. The van der Waals surface area contributed by atoms with E-state index in [1.165, 1.54) is 4.68 Å². The van der Waals surface area contributed by atoms with Crippen molar-refractivity contribution in [2.24, 2.45) is 0 Å². The Kier molecular flexibility index (Phi) is 5.40. The average Bonchev–Trinajstić information content (AvgIpc) is 3.30. The number of rotatable bonds is 5. The molecule has 9 nitrogen and oxygen atoms in total. The number of anilines is 1. The fourth-order valence-corrected chi connectivity index (χ4v) is 3.03. The van der Waals surface area contributed by atoms with Crippen LogP contribution in [0.5, 0.6) is 5.75 Å². The molecule has 0 aliphatic heterocycles. The second kappa shape index (κ2) is 8.31. The molecule has 0 aliphatic carbocycles. The molecule has 1 N–H and O–H groups in total. The zero-order valence-corrected chi connectivity index (χ0v) is 17.3. The molecule has 0 spiro atoms. The fraction of sp³-hybridized carbons (Fsp3) is 0.182. The molecule has 0 bridgehead atoms. The van der Waals surface area contributed by atoms with Gasteiger partial charge in [0.1, 0.15) is 11.6 Å². The third-order valence-electron chi connectivity index (χ3n) is 4.56. The lowest BCUT2D eigenvalue weighted by Gasteiger charge is -2.10. The maximum Gasteiger partial charge on any atom is 0.437 e. The van der Waals surface area contributed by atoms with Gasteiger partial charge in [0, 0.05) is 5.56 Å². The largest absolute Gasteiger partial charge is 0.437 e. The number of benzene rings is 2. The number of hydrogen-bond donors (Lipinski definition) is 1. The lowest BCUT2D eigenvalue weighted by molar-refractivity contribution is 0.215. The van der Waals surface area contributed by atoms with Crippen molar-refractivity contribution in [3.63, 3.8) is 0 Å². The van der Waals surface area contributed by atoms with Crippen LogP contribution >= 0.6 is 0 Å². The molecule has 2 aromatic heterocycles. The molecule has 9 heteroatoms. The first-order valence-electron chi connectivity index (χ1n) is 9.73. The first-order valence-corrected chi connectivity index (χ1v) is 9.73. The van der Waals surface area contributed by atoms with Gasteiger partial charge in [0.2, 0.25) is 0 Å². The van der Waals surface area contributed by atoms with Crippen LogP contribution in [0.1, 0.15) is 25.5 Å². The highest BCUT2D eigenvalue weighted by Gasteiger charge is 2.24. The van der Waals surface area contributed by atoms with Crippen LogP contribution in [0.25, 0.3) is 17.3 Å². The van der Waals surface area contributed by atoms with Crippen LogP contribution in [-0.4, -0.2) is 25.7 Å². The van der Waals surface area contributed by atoms with Crippen LogP contribution < -0.4 is 15.8 Å². The number of nitrogens with zero attached hydrogens (tertiary/aromatic N) is 4. The van der Waals surface area contributed by atoms with E-state index in [9.17, 15) is 9.59 Å². The molecule has 31 heavy (non-hydrogen) atoms. The Bertz CT molecular complexity index is 1260. The van der Waals surface area contributed by atoms with Gasteiger partial charge in [-0.3, -0.25) is 5.32 Å². The van der Waals surface area contributed by atoms with Crippen molar-refractivity contribution in [2.45, 2.75) is 26.8 Å². The highest BCUT2D eigenvalue weighted by Crippen LogP contribution is 2.29. The molecule has 0 saturated heterocycles. The van der Waals surface area contributed by atoms with E-state index >= 15 is 0 Å². The molecule has 0 aliphatic rings. The van der Waals surface area contributed by atoms with E-state index in [0.29, 0.717) is 28.5 Å². The van der Waals surface area contributed by atoms with Crippen molar-refractivity contribution in [3.05, 3.63) is 76.8 Å². The highest BCUT2D eigenvalue weighted by atomic mass is 16.6. The van der Waals surface area contributed by atoms with Crippen LogP contribution in [0, 0.1) is 6.92 Å². The molecule has 0 radical (unpaired) electrons. The fourth-order valence-electron chi connectivity index (χ4n) is 3.03. The van der Waals surface area contributed by atoms with Crippen LogP contribution in [-0.2, 0) is 0 Å². The van der Waals surface area contributed by atoms with Crippen LogP contribution in [0.15, 0.2) is 69.9 Å². The summed E-state index contributed by atoms with van der Waals surface area (Å²) in [5.41, 5.74) is 1.62. The maximum atomic E-state index is 12.5. The maximum absolute atomic E-state index is 12.5. The average molecular weight is 419 g/mol. The highest BCUT2D eigenvalue weighted by molar-refractivity contribution is 5.87. The summed E-state index contributed by atoms with van der Waals surface area (Å²) in [4.78, 5) is 24.7. The van der Waals surface area contributed by atoms with Gasteiger partial charge in [-0.25, -0.2) is 14.3 Å². The zero-order valence-electron chi connectivity index (χ0n) is 17.3. The molecular weight excluding hydrogens is 398 g/mol. The van der Waals surface area contributed by atoms with E-state index in [4.69, 9.17) is 9.15 Å². The first-order chi connectivity index (χ1) is 14.9. The number of carbonyl (C=O) groups is 1. The summed E-state index contributed by atoms with van der Waals surface area (Å²) in [6, 6.07) is 17.8. The quantitative estimate of drug-likeness (QED) is 0.520. The Labute approximate surface area is 177 Å². The van der Waals surface area contributed by atoms with Gasteiger partial charge in [0.05, 0.1) is 11.7 Å². The topological polar surface area (TPSA) is 104 Å². The standard InChI is InChI=1S/C22H21N5O4/c1-14(2)26-22(29)31-20(25-26)18-15(3)19(27(24-18)16-10-6-4-7-11-16)23-21(28)30-17-12-8-5-9-13-17/h4-14H,1-3H3,(H,23,28). The minimum absolute atomic E-state index is 0.0744. The molecule has 158 valence electrons. The Balaban J connectivity index is 1.75. The molecule has 4 aromatic rings. The number of hydrogen-bond acceptors (Lipinski definition) is 6. The van der Waals surface area contributed by atoms with Crippen molar-refractivity contribution in [2.75, 3.05) is 5.32 Å². The number of nitrogens with one attached hydrogen (secondary N) is 1. The zero-order chi connectivity index (χ0) is 22.0. The minimum Gasteiger partial charge on any atom is -0.410 e. The van der Waals surface area contributed by atoms with Gasteiger partial charge in [-0.2, -0.15) is 9.78 Å². The van der Waals surface area contributed by atoms with Gasteiger partial charge in [-0.1, -0.05) is 36.4 Å². The number of amides is 1. The van der Waals surface area contributed by atoms with Gasteiger partial charge in [0.25, 0.3) is 5.89 Å². The third kappa shape index (κ3) is 4.11. The summed E-state index contributed by atoms with van der Waals surface area (Å²) in [6.07, 6.45) is -0.674. The third-order valence-corrected chi connectivity index (χ3v) is 4.56. The Morgan fingerprint density at radius 2 is 1.68 bits per heavy atom. The molecule has 0 saturated carbocycles. The number of para-hydroxylation sites is 2. The summed E-state index contributed by atoms with van der Waals surface area (Å²) in [5.74, 6) is 0.288. The first kappa shape index (κ1) is 20.1. The van der Waals surface area contributed by atoms with E-state index in [-0.39, 0.29) is 11.9 Å². The summed E-state index contributed by atoms with van der Waals surface area (Å²) < 4.78 is 13.5. The van der Waals surface area contributed by atoms with Crippen molar-refractivity contribution in [3.8, 4) is 23.0 Å². The van der Waals surface area contributed by atoms with Crippen molar-refractivity contribution in [1.29, 1.82) is 0 Å². The van der Waals surface area contributed by atoms with Crippen LogP contribution in [0.3, 0.4) is 0 Å². The number of ether oxygens (including phenoxy) is 1. The van der Waals surface area contributed by atoms with E-state index in [1.54, 1.807) is 35.9 Å². The predicted molar refractivity (Wildman–Crippen MR) is 115 cm³/mol. The molecule has 4 rings (SSSR count). The number of aromatic nitrogens is 4. The van der Waals surface area contributed by atoms with Gasteiger partial charge in [-0.15, -0.1) is 5.10 Å². The second-order valence-electron chi connectivity index (χ2n) is 7.11. The van der Waals surface area contributed by atoms with Gasteiger partial charge in [0.15, 0.2) is 5.69 Å².